The zero-order valence-electron chi connectivity index (χ0n) is 16.6. The van der Waals surface area contributed by atoms with Crippen molar-refractivity contribution < 1.29 is 19.1 Å². The second-order valence-electron chi connectivity index (χ2n) is 7.22. The van der Waals surface area contributed by atoms with Crippen molar-refractivity contribution in [2.24, 2.45) is 0 Å². The van der Waals surface area contributed by atoms with Crippen LogP contribution in [0.2, 0.25) is 5.02 Å². The molecule has 0 N–H and O–H groups in total. The number of halogens is 1. The highest BCUT2D eigenvalue weighted by Gasteiger charge is 2.38. The van der Waals surface area contributed by atoms with Gasteiger partial charge < -0.3 is 4.74 Å². The number of rotatable bonds is 8. The Morgan fingerprint density at radius 1 is 1.03 bits per heavy atom. The van der Waals surface area contributed by atoms with Gasteiger partial charge in [0.1, 0.15) is 0 Å². The van der Waals surface area contributed by atoms with Crippen molar-refractivity contribution in [2.45, 2.75) is 52.1 Å². The van der Waals surface area contributed by atoms with Gasteiger partial charge in [0.15, 0.2) is 0 Å². The Morgan fingerprint density at radius 3 is 2.48 bits per heavy atom. The Bertz CT molecular complexity index is 940. The lowest BCUT2D eigenvalue weighted by molar-refractivity contribution is 0.0319. The molecule has 2 amide bonds. The highest BCUT2D eigenvalue weighted by atomic mass is 35.5. The van der Waals surface area contributed by atoms with Gasteiger partial charge >= 0.3 is 5.97 Å². The number of imide groups is 1. The van der Waals surface area contributed by atoms with Crippen LogP contribution in [0.15, 0.2) is 42.5 Å². The molecule has 1 heterocycles. The van der Waals surface area contributed by atoms with Crippen LogP contribution in [0.3, 0.4) is 0 Å². The third kappa shape index (κ3) is 4.51. The van der Waals surface area contributed by atoms with Crippen LogP contribution in [-0.2, 0) is 4.74 Å². The number of carbonyl (C=O) groups is 3. The lowest BCUT2D eigenvalue weighted by atomic mass is 10.1. The summed E-state index contributed by atoms with van der Waals surface area (Å²) in [7, 11) is 0. The van der Waals surface area contributed by atoms with Crippen molar-refractivity contribution in [3.63, 3.8) is 0 Å². The highest BCUT2D eigenvalue weighted by molar-refractivity contribution is 6.39. The molecule has 5 nitrogen and oxygen atoms in total. The molecule has 2 aromatic rings. The molecule has 0 aromatic heterocycles. The molecule has 0 spiro atoms. The van der Waals surface area contributed by atoms with Crippen LogP contribution in [0.5, 0.6) is 0 Å². The second kappa shape index (κ2) is 9.23. The van der Waals surface area contributed by atoms with Gasteiger partial charge in [0.05, 0.1) is 33.5 Å². The minimum Gasteiger partial charge on any atom is -0.459 e. The number of nitrogens with zero attached hydrogens (tertiary/aromatic N) is 1. The molecular weight excluding hydrogens is 390 g/mol. The average Bonchev–Trinajstić information content (AvgIpc) is 2.96. The number of esters is 1. The molecule has 0 unspecified atom stereocenters. The average molecular weight is 414 g/mol. The summed E-state index contributed by atoms with van der Waals surface area (Å²) >= 11 is 6.16. The van der Waals surface area contributed by atoms with Gasteiger partial charge in [0.25, 0.3) is 11.8 Å². The van der Waals surface area contributed by atoms with Gasteiger partial charge in [0, 0.05) is 0 Å². The van der Waals surface area contributed by atoms with Crippen LogP contribution in [0.4, 0.5) is 5.69 Å². The Morgan fingerprint density at radius 2 is 1.76 bits per heavy atom. The third-order valence-electron chi connectivity index (χ3n) is 4.99. The van der Waals surface area contributed by atoms with Crippen LogP contribution in [0.25, 0.3) is 0 Å². The number of hydrogen-bond donors (Lipinski definition) is 0. The maximum atomic E-state index is 12.9. The van der Waals surface area contributed by atoms with Crippen LogP contribution < -0.4 is 4.90 Å². The molecule has 0 saturated heterocycles. The lowest BCUT2D eigenvalue weighted by Gasteiger charge is -2.15. The number of carbonyl (C=O) groups excluding carboxylic acids is 3. The lowest BCUT2D eigenvalue weighted by Crippen LogP contribution is -2.29. The molecule has 29 heavy (non-hydrogen) atoms. The van der Waals surface area contributed by atoms with E-state index >= 15 is 0 Å². The first-order valence-electron chi connectivity index (χ1n) is 9.92. The van der Waals surface area contributed by atoms with Gasteiger partial charge in [-0.1, -0.05) is 49.9 Å². The van der Waals surface area contributed by atoms with Crippen molar-refractivity contribution in [2.75, 3.05) is 4.90 Å². The molecule has 152 valence electrons. The quantitative estimate of drug-likeness (QED) is 0.318. The summed E-state index contributed by atoms with van der Waals surface area (Å²) in [6, 6.07) is 11.1. The van der Waals surface area contributed by atoms with E-state index in [0.717, 1.165) is 30.6 Å². The zero-order valence-corrected chi connectivity index (χ0v) is 17.4. The molecule has 3 rings (SSSR count). The van der Waals surface area contributed by atoms with Gasteiger partial charge in [-0.05, 0) is 50.1 Å². The topological polar surface area (TPSA) is 63.7 Å². The minimum atomic E-state index is -0.500. The van der Waals surface area contributed by atoms with Crippen molar-refractivity contribution in [1.82, 2.24) is 0 Å². The second-order valence-corrected chi connectivity index (χ2v) is 7.63. The van der Waals surface area contributed by atoms with E-state index in [9.17, 15) is 14.4 Å². The number of fused-ring (bicyclic) bond motifs is 1. The van der Waals surface area contributed by atoms with Gasteiger partial charge in [-0.25, -0.2) is 9.69 Å². The Hall–Kier alpha value is -2.66. The first kappa shape index (κ1) is 21.1. The van der Waals surface area contributed by atoms with E-state index < -0.39 is 17.8 Å². The number of para-hydroxylation sites is 1. The number of ether oxygens (including phenoxy) is 1. The fourth-order valence-electron chi connectivity index (χ4n) is 3.39. The van der Waals surface area contributed by atoms with E-state index in [2.05, 4.69) is 6.92 Å². The van der Waals surface area contributed by atoms with E-state index in [1.54, 1.807) is 24.3 Å². The van der Waals surface area contributed by atoms with E-state index in [1.807, 2.05) is 6.92 Å². The summed E-state index contributed by atoms with van der Waals surface area (Å²) in [5, 5.41) is 0.304. The highest BCUT2D eigenvalue weighted by Crippen LogP contribution is 2.33. The summed E-state index contributed by atoms with van der Waals surface area (Å²) in [4.78, 5) is 39.1. The first-order chi connectivity index (χ1) is 13.9. The van der Waals surface area contributed by atoms with Gasteiger partial charge in [0.2, 0.25) is 0 Å². The van der Waals surface area contributed by atoms with E-state index in [1.165, 1.54) is 24.6 Å². The molecule has 1 aliphatic rings. The van der Waals surface area contributed by atoms with Gasteiger partial charge in [-0.3, -0.25) is 9.59 Å². The molecule has 0 aliphatic carbocycles. The molecule has 1 atom stereocenters. The van der Waals surface area contributed by atoms with Crippen molar-refractivity contribution in [3.8, 4) is 0 Å². The molecule has 0 fully saturated rings. The SMILES string of the molecule is CCCCCC[C@@H](C)OC(=O)c1ccc2c(c1)C(=O)N(c1ccccc1Cl)C2=O. The van der Waals surface area contributed by atoms with Crippen LogP contribution in [0.1, 0.15) is 77.0 Å². The van der Waals surface area contributed by atoms with Crippen molar-refractivity contribution in [3.05, 3.63) is 64.2 Å². The van der Waals surface area contributed by atoms with E-state index in [-0.39, 0.29) is 22.8 Å². The maximum Gasteiger partial charge on any atom is 0.338 e. The normalized spacial score (nSPS) is 14.1. The molecule has 0 radical (unpaired) electrons. The number of unbranched alkanes of at least 4 members (excludes halogenated alkanes) is 3. The number of amides is 2. The summed E-state index contributed by atoms with van der Waals surface area (Å²) in [5.41, 5.74) is 1.01. The van der Waals surface area contributed by atoms with Crippen LogP contribution in [-0.4, -0.2) is 23.9 Å². The Labute approximate surface area is 175 Å². The molecule has 0 bridgehead atoms. The number of anilines is 1. The Kier molecular flexibility index (Phi) is 6.70. The monoisotopic (exact) mass is 413 g/mol. The largest absolute Gasteiger partial charge is 0.459 e. The van der Waals surface area contributed by atoms with Crippen molar-refractivity contribution >= 4 is 35.1 Å². The summed E-state index contributed by atoms with van der Waals surface area (Å²) in [5.74, 6) is -1.45. The van der Waals surface area contributed by atoms with Gasteiger partial charge in [-0.2, -0.15) is 0 Å². The fraction of sp³-hybridized carbons (Fsp3) is 0.348. The van der Waals surface area contributed by atoms with Crippen LogP contribution in [0, 0.1) is 0 Å². The Balaban J connectivity index is 1.74. The molecule has 2 aromatic carbocycles. The zero-order chi connectivity index (χ0) is 21.0. The summed E-state index contributed by atoms with van der Waals surface area (Å²) in [6.45, 7) is 4.02. The van der Waals surface area contributed by atoms with E-state index in [0.29, 0.717) is 10.7 Å². The van der Waals surface area contributed by atoms with Crippen molar-refractivity contribution in [1.29, 1.82) is 0 Å². The molecular formula is C23H24ClNO4. The summed E-state index contributed by atoms with van der Waals surface area (Å²) in [6.07, 6.45) is 5.04. The standard InChI is InChI=1S/C23H24ClNO4/c1-3-4-5-6-9-15(2)29-23(28)16-12-13-17-18(14-16)22(27)25(21(17)26)20-11-8-7-10-19(20)24/h7-8,10-15H,3-6,9H2,1-2H3/t15-/m1/s1. The fourth-order valence-corrected chi connectivity index (χ4v) is 3.61. The maximum absolute atomic E-state index is 12.9. The smallest absolute Gasteiger partial charge is 0.338 e. The van der Waals surface area contributed by atoms with Gasteiger partial charge in [-0.15, -0.1) is 0 Å². The van der Waals surface area contributed by atoms with E-state index in [4.69, 9.17) is 16.3 Å². The number of hydrogen-bond acceptors (Lipinski definition) is 4. The minimum absolute atomic E-state index is 0.181. The third-order valence-corrected chi connectivity index (χ3v) is 5.31. The predicted octanol–water partition coefficient (Wildman–Crippen LogP) is 5.66. The molecule has 6 heteroatoms. The number of benzene rings is 2. The van der Waals surface area contributed by atoms with Crippen LogP contribution >= 0.6 is 11.6 Å². The molecule has 0 saturated carbocycles. The predicted molar refractivity (Wildman–Crippen MR) is 113 cm³/mol. The first-order valence-corrected chi connectivity index (χ1v) is 10.3. The molecule has 1 aliphatic heterocycles. The summed E-state index contributed by atoms with van der Waals surface area (Å²) < 4.78 is 5.50.